The maximum absolute atomic E-state index is 10.5. The highest BCUT2D eigenvalue weighted by atomic mass is 16.6. The van der Waals surface area contributed by atoms with E-state index in [1.807, 2.05) is 0 Å². The van der Waals surface area contributed by atoms with E-state index in [1.165, 1.54) is 12.1 Å². The molecule has 0 spiro atoms. The Kier molecular flexibility index (Phi) is 4.24. The number of hydrogen-bond donors (Lipinski definition) is 1. The molecule has 1 atom stereocenters. The van der Waals surface area contributed by atoms with Crippen LogP contribution < -0.4 is 0 Å². The lowest BCUT2D eigenvalue weighted by Crippen LogP contribution is -2.38. The zero-order chi connectivity index (χ0) is 13.0. The summed E-state index contributed by atoms with van der Waals surface area (Å²) in [5.74, 6) is 0. The first-order valence-electron chi connectivity index (χ1n) is 5.89. The molecule has 0 amide bonds. The number of nitro benzene ring substituents is 1. The zero-order valence-electron chi connectivity index (χ0n) is 9.99. The van der Waals surface area contributed by atoms with E-state index >= 15 is 0 Å². The summed E-state index contributed by atoms with van der Waals surface area (Å²) in [6, 6.07) is 6.03. The second-order valence-corrected chi connectivity index (χ2v) is 4.28. The third kappa shape index (κ3) is 3.25. The van der Waals surface area contributed by atoms with Crippen LogP contribution in [0.4, 0.5) is 5.69 Å². The largest absolute Gasteiger partial charge is 0.387 e. The SMILES string of the molecule is O=[N+]([O-])c1ccc([C@H](O)CN2CCOCC2)cc1. The third-order valence-corrected chi connectivity index (χ3v) is 3.02. The van der Waals surface area contributed by atoms with Crippen LogP contribution in [-0.4, -0.2) is 47.8 Å². The van der Waals surface area contributed by atoms with Gasteiger partial charge in [-0.15, -0.1) is 0 Å². The maximum Gasteiger partial charge on any atom is 0.269 e. The van der Waals surface area contributed by atoms with Gasteiger partial charge in [0, 0.05) is 31.8 Å². The van der Waals surface area contributed by atoms with Gasteiger partial charge in [-0.05, 0) is 17.7 Å². The monoisotopic (exact) mass is 252 g/mol. The normalized spacial score (nSPS) is 18.5. The van der Waals surface area contributed by atoms with Gasteiger partial charge in [0.05, 0.1) is 24.2 Å². The van der Waals surface area contributed by atoms with E-state index in [0.29, 0.717) is 25.3 Å². The van der Waals surface area contributed by atoms with Gasteiger partial charge < -0.3 is 9.84 Å². The van der Waals surface area contributed by atoms with Gasteiger partial charge in [0.25, 0.3) is 5.69 Å². The number of hydrogen-bond acceptors (Lipinski definition) is 5. The Hall–Kier alpha value is -1.50. The van der Waals surface area contributed by atoms with Crippen LogP contribution in [0.1, 0.15) is 11.7 Å². The summed E-state index contributed by atoms with van der Waals surface area (Å²) >= 11 is 0. The van der Waals surface area contributed by atoms with E-state index in [0.717, 1.165) is 13.1 Å². The second kappa shape index (κ2) is 5.90. The van der Waals surface area contributed by atoms with Crippen molar-refractivity contribution in [2.75, 3.05) is 32.8 Å². The summed E-state index contributed by atoms with van der Waals surface area (Å²) in [6.07, 6.45) is -0.621. The Labute approximate surface area is 105 Å². The van der Waals surface area contributed by atoms with Crippen LogP contribution in [0.25, 0.3) is 0 Å². The fourth-order valence-electron chi connectivity index (χ4n) is 1.95. The van der Waals surface area contributed by atoms with Crippen LogP contribution in [0.5, 0.6) is 0 Å². The van der Waals surface area contributed by atoms with Crippen molar-refractivity contribution in [2.24, 2.45) is 0 Å². The van der Waals surface area contributed by atoms with Gasteiger partial charge in [-0.1, -0.05) is 0 Å². The minimum atomic E-state index is -0.621. The molecule has 1 fully saturated rings. The predicted molar refractivity (Wildman–Crippen MR) is 65.3 cm³/mol. The van der Waals surface area contributed by atoms with Gasteiger partial charge in [-0.25, -0.2) is 0 Å². The standard InChI is InChI=1S/C12H16N2O4/c15-12(9-13-5-7-18-8-6-13)10-1-3-11(4-2-10)14(16)17/h1-4,12,15H,5-9H2/t12-/m1/s1. The molecule has 0 radical (unpaired) electrons. The molecule has 18 heavy (non-hydrogen) atoms. The smallest absolute Gasteiger partial charge is 0.269 e. The molecular formula is C12H16N2O4. The van der Waals surface area contributed by atoms with E-state index in [9.17, 15) is 15.2 Å². The van der Waals surface area contributed by atoms with Crippen LogP contribution in [0.15, 0.2) is 24.3 Å². The Balaban J connectivity index is 1.95. The molecule has 0 aromatic heterocycles. The average molecular weight is 252 g/mol. The maximum atomic E-state index is 10.5. The van der Waals surface area contributed by atoms with Crippen LogP contribution in [0.2, 0.25) is 0 Å². The third-order valence-electron chi connectivity index (χ3n) is 3.02. The quantitative estimate of drug-likeness (QED) is 0.638. The summed E-state index contributed by atoms with van der Waals surface area (Å²) in [5.41, 5.74) is 0.740. The van der Waals surface area contributed by atoms with Crippen molar-refractivity contribution in [1.82, 2.24) is 4.90 Å². The number of β-amino-alcohol motifs (C(OH)–C–C–N with tert-alkyl or cyclic N) is 1. The highest BCUT2D eigenvalue weighted by Gasteiger charge is 2.16. The molecule has 1 saturated heterocycles. The first-order valence-corrected chi connectivity index (χ1v) is 5.89. The molecule has 0 aliphatic carbocycles. The van der Waals surface area contributed by atoms with Gasteiger partial charge in [-0.3, -0.25) is 15.0 Å². The Bertz CT molecular complexity index is 401. The first kappa shape index (κ1) is 12.9. The van der Waals surface area contributed by atoms with Crippen LogP contribution in [-0.2, 0) is 4.74 Å². The summed E-state index contributed by atoms with van der Waals surface area (Å²) in [5, 5.41) is 20.6. The fraction of sp³-hybridized carbons (Fsp3) is 0.500. The molecule has 6 heteroatoms. The lowest BCUT2D eigenvalue weighted by molar-refractivity contribution is -0.384. The number of morpholine rings is 1. The summed E-state index contributed by atoms with van der Waals surface area (Å²) in [6.45, 7) is 3.52. The molecule has 0 bridgehead atoms. The number of aliphatic hydroxyl groups excluding tert-OH is 1. The van der Waals surface area contributed by atoms with Gasteiger partial charge >= 0.3 is 0 Å². The highest BCUT2D eigenvalue weighted by Crippen LogP contribution is 2.18. The number of benzene rings is 1. The summed E-state index contributed by atoms with van der Waals surface area (Å²) in [4.78, 5) is 12.2. The molecular weight excluding hydrogens is 236 g/mol. The van der Waals surface area contributed by atoms with E-state index < -0.39 is 11.0 Å². The van der Waals surface area contributed by atoms with Crippen LogP contribution in [0.3, 0.4) is 0 Å². The van der Waals surface area contributed by atoms with E-state index in [4.69, 9.17) is 4.74 Å². The number of non-ortho nitro benzene ring substituents is 1. The second-order valence-electron chi connectivity index (χ2n) is 4.28. The summed E-state index contributed by atoms with van der Waals surface area (Å²) in [7, 11) is 0. The Morgan fingerprint density at radius 1 is 1.33 bits per heavy atom. The number of ether oxygens (including phenoxy) is 1. The fourth-order valence-corrected chi connectivity index (χ4v) is 1.95. The number of rotatable bonds is 4. The molecule has 6 nitrogen and oxygen atoms in total. The number of nitro groups is 1. The molecule has 1 N–H and O–H groups in total. The Morgan fingerprint density at radius 2 is 1.94 bits per heavy atom. The predicted octanol–water partition coefficient (Wildman–Crippen LogP) is 0.960. The number of aliphatic hydroxyl groups is 1. The molecule has 98 valence electrons. The van der Waals surface area contributed by atoms with Crippen molar-refractivity contribution in [3.8, 4) is 0 Å². The van der Waals surface area contributed by atoms with Gasteiger partial charge in [0.2, 0.25) is 0 Å². The lowest BCUT2D eigenvalue weighted by Gasteiger charge is -2.28. The molecule has 0 saturated carbocycles. The first-order chi connectivity index (χ1) is 8.66. The van der Waals surface area contributed by atoms with Gasteiger partial charge in [0.1, 0.15) is 0 Å². The average Bonchev–Trinajstić information content (AvgIpc) is 2.40. The van der Waals surface area contributed by atoms with E-state index in [-0.39, 0.29) is 5.69 Å². The van der Waals surface area contributed by atoms with Crippen molar-refractivity contribution in [2.45, 2.75) is 6.10 Å². The molecule has 1 aliphatic heterocycles. The topological polar surface area (TPSA) is 75.8 Å². The number of nitrogens with zero attached hydrogens (tertiary/aromatic N) is 2. The van der Waals surface area contributed by atoms with Crippen molar-refractivity contribution in [3.63, 3.8) is 0 Å². The van der Waals surface area contributed by atoms with Crippen molar-refractivity contribution in [1.29, 1.82) is 0 Å². The molecule has 2 rings (SSSR count). The van der Waals surface area contributed by atoms with E-state index in [1.54, 1.807) is 12.1 Å². The van der Waals surface area contributed by atoms with Crippen LogP contribution in [0, 0.1) is 10.1 Å². The summed E-state index contributed by atoms with van der Waals surface area (Å²) < 4.78 is 5.23. The lowest BCUT2D eigenvalue weighted by atomic mass is 10.1. The van der Waals surface area contributed by atoms with E-state index in [2.05, 4.69) is 4.90 Å². The van der Waals surface area contributed by atoms with Gasteiger partial charge in [-0.2, -0.15) is 0 Å². The molecule has 1 heterocycles. The van der Waals surface area contributed by atoms with Crippen molar-refractivity contribution < 1.29 is 14.8 Å². The molecule has 1 aliphatic rings. The highest BCUT2D eigenvalue weighted by molar-refractivity contribution is 5.33. The van der Waals surface area contributed by atoms with Gasteiger partial charge in [0.15, 0.2) is 0 Å². The van der Waals surface area contributed by atoms with Crippen LogP contribution >= 0.6 is 0 Å². The minimum absolute atomic E-state index is 0.0392. The molecule has 1 aromatic rings. The Morgan fingerprint density at radius 3 is 2.50 bits per heavy atom. The minimum Gasteiger partial charge on any atom is -0.387 e. The molecule has 0 unspecified atom stereocenters. The van der Waals surface area contributed by atoms with Crippen molar-refractivity contribution >= 4 is 5.69 Å². The zero-order valence-corrected chi connectivity index (χ0v) is 9.99. The molecule has 1 aromatic carbocycles. The van der Waals surface area contributed by atoms with Crippen molar-refractivity contribution in [3.05, 3.63) is 39.9 Å².